The zero-order valence-corrected chi connectivity index (χ0v) is 18.1. The standard InChI is InChI=1S/C23H34N2O3/c1-16-11-18(7-10-22(26)28-23(3,4)5)12-17(2)25(15-16)20-9-8-19(14-24)21(13-20)27-6/h8-9,13,16-18H,7,10-12,15H2,1-6H3/t16-,17-,18?/m0/s1. The largest absolute Gasteiger partial charge is 0.495 e. The number of nitriles is 1. The van der Waals surface area contributed by atoms with E-state index in [1.54, 1.807) is 7.11 Å². The van der Waals surface area contributed by atoms with Gasteiger partial charge in [0.2, 0.25) is 0 Å². The predicted molar refractivity (Wildman–Crippen MR) is 111 cm³/mol. The second-order valence-corrected chi connectivity index (χ2v) is 9.07. The van der Waals surface area contributed by atoms with Gasteiger partial charge in [-0.15, -0.1) is 0 Å². The molecule has 2 rings (SSSR count). The molecule has 1 aromatic carbocycles. The van der Waals surface area contributed by atoms with Crippen LogP contribution in [0.25, 0.3) is 0 Å². The lowest BCUT2D eigenvalue weighted by atomic mass is 9.89. The first-order valence-electron chi connectivity index (χ1n) is 10.2. The Labute approximate surface area is 169 Å². The molecule has 0 aromatic heterocycles. The number of nitrogens with zero attached hydrogens (tertiary/aromatic N) is 2. The van der Waals surface area contributed by atoms with E-state index >= 15 is 0 Å². The van der Waals surface area contributed by atoms with Crippen LogP contribution in [0.15, 0.2) is 18.2 Å². The molecule has 1 unspecified atom stereocenters. The number of anilines is 1. The highest BCUT2D eigenvalue weighted by Crippen LogP contribution is 2.34. The maximum atomic E-state index is 12.1. The van der Waals surface area contributed by atoms with Gasteiger partial charge in [0.15, 0.2) is 0 Å². The lowest BCUT2D eigenvalue weighted by Gasteiger charge is -2.31. The van der Waals surface area contributed by atoms with Gasteiger partial charge < -0.3 is 14.4 Å². The normalized spacial score (nSPS) is 22.9. The van der Waals surface area contributed by atoms with Crippen molar-refractivity contribution in [2.24, 2.45) is 11.8 Å². The molecule has 5 nitrogen and oxygen atoms in total. The number of hydrogen-bond donors (Lipinski definition) is 0. The highest BCUT2D eigenvalue weighted by molar-refractivity contribution is 5.69. The van der Waals surface area contributed by atoms with Crippen LogP contribution in [0.3, 0.4) is 0 Å². The minimum Gasteiger partial charge on any atom is -0.495 e. The molecule has 0 bridgehead atoms. The Bertz CT molecular complexity index is 718. The van der Waals surface area contributed by atoms with Gasteiger partial charge >= 0.3 is 5.97 Å². The third-order valence-corrected chi connectivity index (χ3v) is 5.26. The van der Waals surface area contributed by atoms with Crippen molar-refractivity contribution in [3.05, 3.63) is 23.8 Å². The summed E-state index contributed by atoms with van der Waals surface area (Å²) in [5, 5.41) is 9.22. The summed E-state index contributed by atoms with van der Waals surface area (Å²) in [7, 11) is 1.60. The van der Waals surface area contributed by atoms with Gasteiger partial charge in [0.05, 0.1) is 12.7 Å². The Balaban J connectivity index is 2.06. The van der Waals surface area contributed by atoms with Gasteiger partial charge in [-0.1, -0.05) is 6.92 Å². The number of benzene rings is 1. The third kappa shape index (κ3) is 6.15. The van der Waals surface area contributed by atoms with E-state index in [4.69, 9.17) is 9.47 Å². The molecule has 1 aliphatic rings. The van der Waals surface area contributed by atoms with Crippen molar-refractivity contribution in [3.8, 4) is 11.8 Å². The molecule has 0 amide bonds. The second-order valence-electron chi connectivity index (χ2n) is 9.07. The zero-order valence-electron chi connectivity index (χ0n) is 18.1. The molecule has 0 N–H and O–H groups in total. The van der Waals surface area contributed by atoms with Gasteiger partial charge in [0.1, 0.15) is 17.4 Å². The summed E-state index contributed by atoms with van der Waals surface area (Å²) in [5.41, 5.74) is 1.21. The van der Waals surface area contributed by atoms with Gasteiger partial charge in [0, 0.05) is 30.8 Å². The maximum absolute atomic E-state index is 12.1. The summed E-state index contributed by atoms with van der Waals surface area (Å²) >= 11 is 0. The number of carbonyl (C=O) groups excluding carboxylic acids is 1. The topological polar surface area (TPSA) is 62.6 Å². The number of carbonyl (C=O) groups is 1. The van der Waals surface area contributed by atoms with E-state index < -0.39 is 5.60 Å². The van der Waals surface area contributed by atoms with Crippen molar-refractivity contribution in [1.82, 2.24) is 0 Å². The van der Waals surface area contributed by atoms with E-state index in [1.807, 2.05) is 39.0 Å². The van der Waals surface area contributed by atoms with Crippen molar-refractivity contribution in [2.75, 3.05) is 18.6 Å². The lowest BCUT2D eigenvalue weighted by Crippen LogP contribution is -2.34. The van der Waals surface area contributed by atoms with Crippen LogP contribution in [-0.4, -0.2) is 31.3 Å². The Kier molecular flexibility index (Phi) is 7.35. The first-order chi connectivity index (χ1) is 13.1. The van der Waals surface area contributed by atoms with E-state index in [0.717, 1.165) is 31.5 Å². The Morgan fingerprint density at radius 2 is 2.00 bits per heavy atom. The van der Waals surface area contributed by atoms with Crippen molar-refractivity contribution < 1.29 is 14.3 Å². The average Bonchev–Trinajstić information content (AvgIpc) is 2.76. The monoisotopic (exact) mass is 386 g/mol. The van der Waals surface area contributed by atoms with Crippen LogP contribution in [0, 0.1) is 23.2 Å². The summed E-state index contributed by atoms with van der Waals surface area (Å²) in [6, 6.07) is 8.32. The van der Waals surface area contributed by atoms with E-state index in [1.165, 1.54) is 0 Å². The van der Waals surface area contributed by atoms with Crippen LogP contribution < -0.4 is 9.64 Å². The summed E-state index contributed by atoms with van der Waals surface area (Å²) in [5.74, 6) is 1.54. The molecular formula is C23H34N2O3. The molecular weight excluding hydrogens is 352 g/mol. The highest BCUT2D eigenvalue weighted by Gasteiger charge is 2.28. The fraction of sp³-hybridized carbons (Fsp3) is 0.652. The SMILES string of the molecule is COc1cc(N2C[C@@H](C)CC(CCC(=O)OC(C)(C)C)C[C@@H]2C)ccc1C#N. The summed E-state index contributed by atoms with van der Waals surface area (Å²) < 4.78 is 10.8. The van der Waals surface area contributed by atoms with Crippen LogP contribution in [0.5, 0.6) is 5.75 Å². The molecule has 1 saturated heterocycles. The molecule has 1 aliphatic heterocycles. The van der Waals surface area contributed by atoms with Gasteiger partial charge in [0.25, 0.3) is 0 Å². The summed E-state index contributed by atoms with van der Waals surface area (Å²) in [4.78, 5) is 14.5. The molecule has 0 spiro atoms. The zero-order chi connectivity index (χ0) is 20.9. The highest BCUT2D eigenvalue weighted by atomic mass is 16.6. The number of esters is 1. The number of hydrogen-bond acceptors (Lipinski definition) is 5. The van der Waals surface area contributed by atoms with E-state index in [0.29, 0.717) is 35.6 Å². The average molecular weight is 387 g/mol. The van der Waals surface area contributed by atoms with Crippen LogP contribution in [0.4, 0.5) is 5.69 Å². The van der Waals surface area contributed by atoms with E-state index in [2.05, 4.69) is 24.8 Å². The molecule has 154 valence electrons. The molecule has 3 atom stereocenters. The smallest absolute Gasteiger partial charge is 0.306 e. The minimum atomic E-state index is -0.424. The molecule has 5 heteroatoms. The number of ether oxygens (including phenoxy) is 2. The molecule has 28 heavy (non-hydrogen) atoms. The number of rotatable bonds is 5. The van der Waals surface area contributed by atoms with Crippen molar-refractivity contribution in [1.29, 1.82) is 5.26 Å². The first-order valence-corrected chi connectivity index (χ1v) is 10.2. The van der Waals surface area contributed by atoms with Crippen LogP contribution >= 0.6 is 0 Å². The molecule has 0 aliphatic carbocycles. The van der Waals surface area contributed by atoms with Gasteiger partial charge in [-0.3, -0.25) is 4.79 Å². The number of methoxy groups -OCH3 is 1. The molecule has 0 radical (unpaired) electrons. The second kappa shape index (κ2) is 9.32. The first kappa shape index (κ1) is 22.1. The molecule has 1 heterocycles. The Morgan fingerprint density at radius 1 is 1.29 bits per heavy atom. The van der Waals surface area contributed by atoms with Gasteiger partial charge in [-0.25, -0.2) is 0 Å². The predicted octanol–water partition coefficient (Wildman–Crippen LogP) is 4.93. The fourth-order valence-electron chi connectivity index (χ4n) is 4.13. The third-order valence-electron chi connectivity index (χ3n) is 5.26. The molecule has 1 fully saturated rings. The van der Waals surface area contributed by atoms with E-state index in [-0.39, 0.29) is 5.97 Å². The van der Waals surface area contributed by atoms with Crippen LogP contribution in [-0.2, 0) is 9.53 Å². The van der Waals surface area contributed by atoms with Crippen LogP contribution in [0.1, 0.15) is 65.9 Å². The van der Waals surface area contributed by atoms with Crippen molar-refractivity contribution in [3.63, 3.8) is 0 Å². The van der Waals surface area contributed by atoms with Crippen molar-refractivity contribution >= 4 is 11.7 Å². The minimum absolute atomic E-state index is 0.106. The summed E-state index contributed by atoms with van der Waals surface area (Å²) in [6.45, 7) is 11.2. The quantitative estimate of drug-likeness (QED) is 0.672. The van der Waals surface area contributed by atoms with Crippen LogP contribution in [0.2, 0.25) is 0 Å². The Morgan fingerprint density at radius 3 is 2.61 bits per heavy atom. The van der Waals surface area contributed by atoms with Gasteiger partial charge in [-0.05, 0) is 70.9 Å². The van der Waals surface area contributed by atoms with Gasteiger partial charge in [-0.2, -0.15) is 5.26 Å². The van der Waals surface area contributed by atoms with Crippen molar-refractivity contribution in [2.45, 2.75) is 71.9 Å². The van der Waals surface area contributed by atoms with E-state index in [9.17, 15) is 10.1 Å². The maximum Gasteiger partial charge on any atom is 0.306 e. The summed E-state index contributed by atoms with van der Waals surface area (Å²) in [6.07, 6.45) is 3.49. The lowest BCUT2D eigenvalue weighted by molar-refractivity contribution is -0.155. The molecule has 0 saturated carbocycles. The Hall–Kier alpha value is -2.22. The fourth-order valence-corrected chi connectivity index (χ4v) is 4.13. The molecule has 1 aromatic rings.